The van der Waals surface area contributed by atoms with Crippen LogP contribution in [0.3, 0.4) is 0 Å². The van der Waals surface area contributed by atoms with Gasteiger partial charge >= 0.3 is 0 Å². The molecule has 4 aromatic rings. The summed E-state index contributed by atoms with van der Waals surface area (Å²) in [4.78, 5) is 23.2. The van der Waals surface area contributed by atoms with Crippen molar-refractivity contribution in [2.75, 3.05) is 0 Å². The van der Waals surface area contributed by atoms with E-state index in [0.717, 1.165) is 19.3 Å². The normalized spacial score (nSPS) is 12.2. The number of rotatable bonds is 10. The Bertz CT molecular complexity index is 1120. The smallest absolute Gasteiger partial charge is 0.263 e. The Labute approximate surface area is 178 Å². The quantitative estimate of drug-likeness (QED) is 0.292. The third-order valence-corrected chi connectivity index (χ3v) is 5.05. The number of halogens is 1. The van der Waals surface area contributed by atoms with Gasteiger partial charge in [0.2, 0.25) is 5.78 Å². The van der Waals surface area contributed by atoms with Crippen molar-refractivity contribution in [3.8, 4) is 16.9 Å². The van der Waals surface area contributed by atoms with Crippen molar-refractivity contribution in [3.63, 3.8) is 0 Å². The Kier molecular flexibility index (Phi) is 6.32. The minimum absolute atomic E-state index is 0.0921. The minimum atomic E-state index is -0.368. The molecule has 3 heterocycles. The van der Waals surface area contributed by atoms with Crippen LogP contribution < -0.4 is 5.73 Å². The van der Waals surface area contributed by atoms with E-state index in [1.54, 1.807) is 41.5 Å². The van der Waals surface area contributed by atoms with Crippen LogP contribution in [-0.4, -0.2) is 30.5 Å². The highest BCUT2D eigenvalue weighted by Crippen LogP contribution is 2.25. The van der Waals surface area contributed by atoms with Crippen molar-refractivity contribution in [3.05, 3.63) is 72.8 Å². The summed E-state index contributed by atoms with van der Waals surface area (Å²) in [5.41, 5.74) is 7.88. The van der Waals surface area contributed by atoms with Crippen LogP contribution in [0.4, 0.5) is 4.39 Å². The van der Waals surface area contributed by atoms with Crippen LogP contribution in [-0.2, 0) is 0 Å². The molecular weight excluding hydrogens is 399 g/mol. The van der Waals surface area contributed by atoms with Crippen LogP contribution in [0.25, 0.3) is 16.9 Å². The van der Waals surface area contributed by atoms with Crippen molar-refractivity contribution in [2.24, 2.45) is 5.73 Å². The summed E-state index contributed by atoms with van der Waals surface area (Å²) in [5, 5.41) is 4.11. The molecule has 0 aliphatic rings. The summed E-state index contributed by atoms with van der Waals surface area (Å²) in [7, 11) is 0. The van der Waals surface area contributed by atoms with Gasteiger partial charge in [-0.2, -0.15) is 5.10 Å². The van der Waals surface area contributed by atoms with E-state index in [2.05, 4.69) is 20.1 Å². The van der Waals surface area contributed by atoms with E-state index < -0.39 is 0 Å². The fourth-order valence-electron chi connectivity index (χ4n) is 3.38. The zero-order valence-electron chi connectivity index (χ0n) is 16.9. The second-order valence-electron chi connectivity index (χ2n) is 7.26. The first-order valence-electron chi connectivity index (χ1n) is 10.1. The first-order chi connectivity index (χ1) is 15.1. The number of carbonyl (C=O) groups is 1. The molecule has 0 bridgehead atoms. The van der Waals surface area contributed by atoms with E-state index in [1.807, 2.05) is 0 Å². The van der Waals surface area contributed by atoms with Gasteiger partial charge in [0.25, 0.3) is 5.89 Å². The lowest BCUT2D eigenvalue weighted by Gasteiger charge is -2.09. The third kappa shape index (κ3) is 4.95. The number of unbranched alkanes of at least 4 members (excludes halogenated alkanes) is 2. The minimum Gasteiger partial charge on any atom is -0.442 e. The first kappa shape index (κ1) is 20.7. The second-order valence-corrected chi connectivity index (χ2v) is 7.26. The van der Waals surface area contributed by atoms with Crippen molar-refractivity contribution < 1.29 is 13.6 Å². The average Bonchev–Trinajstić information content (AvgIpc) is 3.55. The summed E-state index contributed by atoms with van der Waals surface area (Å²) in [6.07, 6.45) is 11.4. The Balaban J connectivity index is 1.28. The molecule has 160 valence electrons. The SMILES string of the molecule is NC(CCCCCC(=O)c1ncco1)c1ncc(-c2ccc(-n3cccn3)cc2F)[nH]1. The number of imidazole rings is 1. The van der Waals surface area contributed by atoms with Crippen molar-refractivity contribution in [2.45, 2.75) is 38.1 Å². The Hall–Kier alpha value is -3.59. The molecule has 1 unspecified atom stereocenters. The number of H-pyrrole nitrogens is 1. The maximum Gasteiger partial charge on any atom is 0.263 e. The fourth-order valence-corrected chi connectivity index (χ4v) is 3.38. The number of benzene rings is 1. The lowest BCUT2D eigenvalue weighted by Crippen LogP contribution is -2.12. The number of nitrogens with zero attached hydrogens (tertiary/aromatic N) is 4. The summed E-state index contributed by atoms with van der Waals surface area (Å²) >= 11 is 0. The van der Waals surface area contributed by atoms with Gasteiger partial charge in [-0.15, -0.1) is 0 Å². The van der Waals surface area contributed by atoms with E-state index in [9.17, 15) is 9.18 Å². The number of carbonyl (C=O) groups excluding carboxylic acids is 1. The van der Waals surface area contributed by atoms with E-state index in [-0.39, 0.29) is 23.5 Å². The van der Waals surface area contributed by atoms with Gasteiger partial charge in [-0.05, 0) is 31.0 Å². The van der Waals surface area contributed by atoms with Crippen LogP contribution in [0.5, 0.6) is 0 Å². The van der Waals surface area contributed by atoms with Crippen molar-refractivity contribution >= 4 is 5.78 Å². The highest BCUT2D eigenvalue weighted by Gasteiger charge is 2.15. The predicted molar refractivity (Wildman–Crippen MR) is 112 cm³/mol. The Morgan fingerprint density at radius 1 is 1.23 bits per heavy atom. The van der Waals surface area contributed by atoms with Gasteiger partial charge in [0, 0.05) is 30.4 Å². The number of Topliss-reactive ketones (excluding diaryl/α,β-unsaturated/α-hetero) is 1. The molecule has 0 aliphatic carbocycles. The number of nitrogens with two attached hydrogens (primary N) is 1. The maximum atomic E-state index is 14.6. The highest BCUT2D eigenvalue weighted by atomic mass is 19.1. The lowest BCUT2D eigenvalue weighted by molar-refractivity contribution is 0.0945. The number of oxazole rings is 1. The van der Waals surface area contributed by atoms with Crippen LogP contribution in [0, 0.1) is 5.82 Å². The molecule has 4 rings (SSSR count). The lowest BCUT2D eigenvalue weighted by atomic mass is 10.1. The summed E-state index contributed by atoms with van der Waals surface area (Å²) in [6.45, 7) is 0. The van der Waals surface area contributed by atoms with E-state index in [4.69, 9.17) is 10.2 Å². The van der Waals surface area contributed by atoms with Gasteiger partial charge in [0.05, 0.1) is 29.8 Å². The molecule has 3 aromatic heterocycles. The summed E-state index contributed by atoms with van der Waals surface area (Å²) in [5.74, 6) is 0.309. The monoisotopic (exact) mass is 422 g/mol. The molecule has 31 heavy (non-hydrogen) atoms. The predicted octanol–water partition coefficient (Wildman–Crippen LogP) is 4.22. The second kappa shape index (κ2) is 9.48. The van der Waals surface area contributed by atoms with Crippen LogP contribution >= 0.6 is 0 Å². The van der Waals surface area contributed by atoms with Gasteiger partial charge in [0.1, 0.15) is 17.9 Å². The van der Waals surface area contributed by atoms with E-state index in [1.165, 1.54) is 18.5 Å². The fraction of sp³-hybridized carbons (Fsp3) is 0.273. The number of aromatic amines is 1. The molecule has 8 nitrogen and oxygen atoms in total. The van der Waals surface area contributed by atoms with Crippen molar-refractivity contribution in [1.82, 2.24) is 24.7 Å². The molecular formula is C22H23FN6O2. The van der Waals surface area contributed by atoms with Crippen molar-refractivity contribution in [1.29, 1.82) is 0 Å². The summed E-state index contributed by atoms with van der Waals surface area (Å²) < 4.78 is 21.2. The number of nitrogens with one attached hydrogen (secondary N) is 1. The number of hydrogen-bond donors (Lipinski definition) is 2. The molecule has 3 N–H and O–H groups in total. The average molecular weight is 422 g/mol. The molecule has 0 amide bonds. The molecule has 9 heteroatoms. The topological polar surface area (TPSA) is 116 Å². The Morgan fingerprint density at radius 2 is 2.13 bits per heavy atom. The maximum absolute atomic E-state index is 14.6. The van der Waals surface area contributed by atoms with Crippen LogP contribution in [0.1, 0.15) is 54.7 Å². The molecule has 0 saturated heterocycles. The zero-order chi connectivity index (χ0) is 21.6. The van der Waals surface area contributed by atoms with Gasteiger partial charge < -0.3 is 15.1 Å². The first-order valence-corrected chi connectivity index (χ1v) is 10.1. The molecule has 0 fully saturated rings. The van der Waals surface area contributed by atoms with Gasteiger partial charge in [-0.1, -0.05) is 12.8 Å². The van der Waals surface area contributed by atoms with Gasteiger partial charge in [0.15, 0.2) is 0 Å². The van der Waals surface area contributed by atoms with E-state index in [0.29, 0.717) is 35.6 Å². The number of ketones is 1. The molecule has 0 aliphatic heterocycles. The summed E-state index contributed by atoms with van der Waals surface area (Å²) in [6, 6.07) is 6.42. The zero-order valence-corrected chi connectivity index (χ0v) is 16.9. The number of aromatic nitrogens is 5. The molecule has 1 atom stereocenters. The van der Waals surface area contributed by atoms with Gasteiger partial charge in [-0.25, -0.2) is 19.0 Å². The van der Waals surface area contributed by atoms with Crippen LogP contribution in [0.2, 0.25) is 0 Å². The van der Waals surface area contributed by atoms with Gasteiger partial charge in [-0.3, -0.25) is 4.79 Å². The molecule has 1 aromatic carbocycles. The Morgan fingerprint density at radius 3 is 2.87 bits per heavy atom. The van der Waals surface area contributed by atoms with E-state index >= 15 is 0 Å². The molecule has 0 radical (unpaired) electrons. The molecule has 0 spiro atoms. The third-order valence-electron chi connectivity index (χ3n) is 5.05. The molecule has 0 saturated carbocycles. The highest BCUT2D eigenvalue weighted by molar-refractivity contribution is 5.91. The standard InChI is InChI=1S/C22H23FN6O2/c23-17-13-15(29-11-4-9-27-29)7-8-16(17)19-14-26-21(28-19)18(24)5-2-1-3-6-20(30)22-25-10-12-31-22/h4,7-14,18H,1-3,5-6,24H2,(H,26,28). The van der Waals surface area contributed by atoms with Crippen LogP contribution in [0.15, 0.2) is 59.7 Å². The largest absolute Gasteiger partial charge is 0.442 e. The number of hydrogen-bond acceptors (Lipinski definition) is 6.